The van der Waals surface area contributed by atoms with Crippen molar-refractivity contribution >= 4 is 5.91 Å². The van der Waals surface area contributed by atoms with Crippen molar-refractivity contribution in [2.75, 3.05) is 0 Å². The minimum Gasteiger partial charge on any atom is -0.336 e. The smallest absolute Gasteiger partial charge is 0.229 e. The van der Waals surface area contributed by atoms with Gasteiger partial charge < -0.3 is 4.90 Å². The zero-order valence-corrected chi connectivity index (χ0v) is 11.3. The van der Waals surface area contributed by atoms with E-state index in [0.29, 0.717) is 18.0 Å². The van der Waals surface area contributed by atoms with Gasteiger partial charge in [-0.2, -0.15) is 0 Å². The fourth-order valence-electron chi connectivity index (χ4n) is 2.89. The highest BCUT2D eigenvalue weighted by molar-refractivity contribution is 5.84. The molecule has 2 aliphatic rings. The standard InChI is InChI=1S/C14H25NO/c1-13(2,3)14(4,5)12(16)15-10-6-7-11(15)9-8-10/h10-11H,6-9H2,1-5H3. The van der Waals surface area contributed by atoms with Crippen LogP contribution in [0.25, 0.3) is 0 Å². The van der Waals surface area contributed by atoms with E-state index in [4.69, 9.17) is 0 Å². The Bertz CT molecular complexity index is 280. The summed E-state index contributed by atoms with van der Waals surface area (Å²) < 4.78 is 0. The summed E-state index contributed by atoms with van der Waals surface area (Å²) in [6.07, 6.45) is 4.93. The summed E-state index contributed by atoms with van der Waals surface area (Å²) in [6, 6.07) is 1.11. The molecule has 0 aliphatic carbocycles. The lowest BCUT2D eigenvalue weighted by molar-refractivity contribution is -0.147. The minimum atomic E-state index is -0.252. The molecule has 16 heavy (non-hydrogen) atoms. The summed E-state index contributed by atoms with van der Waals surface area (Å²) in [5.41, 5.74) is -0.218. The first kappa shape index (κ1) is 11.9. The van der Waals surface area contributed by atoms with Gasteiger partial charge in [0.15, 0.2) is 0 Å². The molecule has 1 amide bonds. The Morgan fingerprint density at radius 2 is 1.31 bits per heavy atom. The molecule has 0 N–H and O–H groups in total. The van der Waals surface area contributed by atoms with Crippen LogP contribution in [0.2, 0.25) is 0 Å². The SMILES string of the molecule is CC(C)(C)C(C)(C)C(=O)N1C2CCC1CC2. The number of carbonyl (C=O) groups excluding carboxylic acids is 1. The molecule has 2 fully saturated rings. The molecule has 0 aromatic carbocycles. The van der Waals surface area contributed by atoms with E-state index in [1.807, 2.05) is 0 Å². The van der Waals surface area contributed by atoms with Crippen molar-refractivity contribution in [2.45, 2.75) is 72.4 Å². The molecule has 0 spiro atoms. The van der Waals surface area contributed by atoms with E-state index >= 15 is 0 Å². The predicted molar refractivity (Wildman–Crippen MR) is 66.1 cm³/mol. The summed E-state index contributed by atoms with van der Waals surface area (Å²) >= 11 is 0. The van der Waals surface area contributed by atoms with E-state index in [0.717, 1.165) is 0 Å². The van der Waals surface area contributed by atoms with Gasteiger partial charge in [0.25, 0.3) is 0 Å². The van der Waals surface area contributed by atoms with Crippen LogP contribution in [0, 0.1) is 10.8 Å². The molecule has 2 heteroatoms. The molecule has 0 radical (unpaired) electrons. The second-order valence-electron chi connectivity index (χ2n) is 7.05. The van der Waals surface area contributed by atoms with Crippen LogP contribution >= 0.6 is 0 Å². The van der Waals surface area contributed by atoms with Crippen LogP contribution in [0.3, 0.4) is 0 Å². The van der Waals surface area contributed by atoms with Gasteiger partial charge in [0.05, 0.1) is 0 Å². The van der Waals surface area contributed by atoms with Crippen LogP contribution in [-0.2, 0) is 4.79 Å². The first-order valence-corrected chi connectivity index (χ1v) is 6.58. The normalized spacial score (nSPS) is 29.9. The summed E-state index contributed by atoms with van der Waals surface area (Å²) in [6.45, 7) is 10.7. The lowest BCUT2D eigenvalue weighted by Crippen LogP contribution is -2.49. The van der Waals surface area contributed by atoms with E-state index in [-0.39, 0.29) is 10.8 Å². The molecule has 92 valence electrons. The van der Waals surface area contributed by atoms with Crippen molar-refractivity contribution < 1.29 is 4.79 Å². The Labute approximate surface area is 99.4 Å². The first-order valence-electron chi connectivity index (χ1n) is 6.58. The quantitative estimate of drug-likeness (QED) is 0.668. The van der Waals surface area contributed by atoms with Gasteiger partial charge in [0, 0.05) is 17.5 Å². The fourth-order valence-corrected chi connectivity index (χ4v) is 2.89. The number of fused-ring (bicyclic) bond motifs is 2. The van der Waals surface area contributed by atoms with Crippen molar-refractivity contribution in [1.29, 1.82) is 0 Å². The summed E-state index contributed by atoms with van der Waals surface area (Å²) in [7, 11) is 0. The number of hydrogen-bond donors (Lipinski definition) is 0. The van der Waals surface area contributed by atoms with Gasteiger partial charge in [-0.05, 0) is 31.1 Å². The molecule has 0 atom stereocenters. The third-order valence-electron chi connectivity index (χ3n) is 5.10. The second-order valence-corrected chi connectivity index (χ2v) is 7.05. The number of hydrogen-bond acceptors (Lipinski definition) is 1. The Morgan fingerprint density at radius 1 is 0.938 bits per heavy atom. The molecular weight excluding hydrogens is 198 g/mol. The highest BCUT2D eigenvalue weighted by Gasteiger charge is 2.49. The van der Waals surface area contributed by atoms with Crippen molar-refractivity contribution in [2.24, 2.45) is 10.8 Å². The number of rotatable bonds is 1. The third-order valence-corrected chi connectivity index (χ3v) is 5.10. The zero-order chi connectivity index (χ0) is 12.1. The molecule has 2 bridgehead atoms. The largest absolute Gasteiger partial charge is 0.336 e. The monoisotopic (exact) mass is 223 g/mol. The summed E-state index contributed by atoms with van der Waals surface area (Å²) in [5.74, 6) is 0.380. The van der Waals surface area contributed by atoms with Gasteiger partial charge >= 0.3 is 0 Å². The average molecular weight is 223 g/mol. The van der Waals surface area contributed by atoms with E-state index < -0.39 is 0 Å². The molecule has 0 unspecified atom stereocenters. The molecule has 0 saturated carbocycles. The van der Waals surface area contributed by atoms with Crippen molar-refractivity contribution in [3.8, 4) is 0 Å². The van der Waals surface area contributed by atoms with Gasteiger partial charge in [0.1, 0.15) is 0 Å². The van der Waals surface area contributed by atoms with Crippen LogP contribution in [0.1, 0.15) is 60.3 Å². The van der Waals surface area contributed by atoms with Crippen LogP contribution in [-0.4, -0.2) is 22.9 Å². The average Bonchev–Trinajstić information content (AvgIpc) is 2.73. The van der Waals surface area contributed by atoms with E-state index in [2.05, 4.69) is 39.5 Å². The summed E-state index contributed by atoms with van der Waals surface area (Å²) in [4.78, 5) is 14.9. The highest BCUT2D eigenvalue weighted by Crippen LogP contribution is 2.45. The number of amides is 1. The van der Waals surface area contributed by atoms with Crippen LogP contribution in [0.15, 0.2) is 0 Å². The van der Waals surface area contributed by atoms with Crippen LogP contribution in [0.4, 0.5) is 0 Å². The maximum atomic E-state index is 12.7. The Morgan fingerprint density at radius 3 is 1.62 bits per heavy atom. The van der Waals surface area contributed by atoms with E-state index in [9.17, 15) is 4.79 Å². The molecule has 0 aromatic heterocycles. The maximum absolute atomic E-state index is 12.7. The molecule has 2 nitrogen and oxygen atoms in total. The topological polar surface area (TPSA) is 20.3 Å². The Balaban J connectivity index is 2.20. The van der Waals surface area contributed by atoms with Crippen molar-refractivity contribution in [3.05, 3.63) is 0 Å². The van der Waals surface area contributed by atoms with E-state index in [1.54, 1.807) is 0 Å². The van der Waals surface area contributed by atoms with E-state index in [1.165, 1.54) is 25.7 Å². The van der Waals surface area contributed by atoms with Gasteiger partial charge in [-0.25, -0.2) is 0 Å². The lowest BCUT2D eigenvalue weighted by atomic mass is 9.68. The molecule has 0 aromatic rings. The molecule has 2 rings (SSSR count). The number of nitrogens with zero attached hydrogens (tertiary/aromatic N) is 1. The Hall–Kier alpha value is -0.530. The number of carbonyl (C=O) groups is 1. The lowest BCUT2D eigenvalue weighted by Gasteiger charge is -2.41. The fraction of sp³-hybridized carbons (Fsp3) is 0.929. The van der Waals surface area contributed by atoms with Crippen LogP contribution < -0.4 is 0 Å². The highest BCUT2D eigenvalue weighted by atomic mass is 16.2. The minimum absolute atomic E-state index is 0.0338. The predicted octanol–water partition coefficient (Wildman–Crippen LogP) is 3.21. The van der Waals surface area contributed by atoms with Gasteiger partial charge in [0.2, 0.25) is 5.91 Å². The van der Waals surface area contributed by atoms with Crippen molar-refractivity contribution in [1.82, 2.24) is 4.90 Å². The molecule has 2 heterocycles. The Kier molecular flexibility index (Phi) is 2.60. The summed E-state index contributed by atoms with van der Waals surface area (Å²) in [5, 5.41) is 0. The van der Waals surface area contributed by atoms with Gasteiger partial charge in [-0.15, -0.1) is 0 Å². The van der Waals surface area contributed by atoms with Crippen LogP contribution in [0.5, 0.6) is 0 Å². The zero-order valence-electron chi connectivity index (χ0n) is 11.3. The maximum Gasteiger partial charge on any atom is 0.229 e. The third kappa shape index (κ3) is 1.57. The molecule has 2 aliphatic heterocycles. The van der Waals surface area contributed by atoms with Gasteiger partial charge in [-0.3, -0.25) is 4.79 Å². The first-order chi connectivity index (χ1) is 7.25. The second kappa shape index (κ2) is 3.48. The molecular formula is C14H25NO. The van der Waals surface area contributed by atoms with Gasteiger partial charge in [-0.1, -0.05) is 34.6 Å². The van der Waals surface area contributed by atoms with Crippen molar-refractivity contribution in [3.63, 3.8) is 0 Å². The molecule has 2 saturated heterocycles.